The average Bonchev–Trinajstić information content (AvgIpc) is 3.25. The number of hydrogen-bond donors (Lipinski definition) is 0. The summed E-state index contributed by atoms with van der Waals surface area (Å²) < 4.78 is 1.29. The Bertz CT molecular complexity index is 788. The summed E-state index contributed by atoms with van der Waals surface area (Å²) in [5.41, 5.74) is 2.55. The quantitative estimate of drug-likeness (QED) is 0.731. The van der Waals surface area contributed by atoms with Crippen LogP contribution >= 0.6 is 0 Å². The first kappa shape index (κ1) is 16.5. The van der Waals surface area contributed by atoms with E-state index in [9.17, 15) is 4.79 Å². The van der Waals surface area contributed by atoms with Gasteiger partial charge in [0.15, 0.2) is 0 Å². The van der Waals surface area contributed by atoms with Gasteiger partial charge in [-0.1, -0.05) is 65.9 Å². The van der Waals surface area contributed by atoms with E-state index in [1.165, 1.54) is 22.0 Å². The Balaban J connectivity index is 1.52. The predicted octanol–water partition coefficient (Wildman–Crippen LogP) is 2.65. The van der Waals surface area contributed by atoms with Gasteiger partial charge in [-0.3, -0.25) is 4.90 Å². The second-order valence-electron chi connectivity index (χ2n) is 6.38. The van der Waals surface area contributed by atoms with Crippen LogP contribution in [0.2, 0.25) is 0 Å². The van der Waals surface area contributed by atoms with Gasteiger partial charge in [-0.15, -0.1) is 5.10 Å². The molecule has 1 fully saturated rings. The predicted molar refractivity (Wildman–Crippen MR) is 98.7 cm³/mol. The van der Waals surface area contributed by atoms with Gasteiger partial charge >= 0.3 is 6.03 Å². The van der Waals surface area contributed by atoms with Crippen molar-refractivity contribution < 1.29 is 4.79 Å². The van der Waals surface area contributed by atoms with Gasteiger partial charge in [-0.25, -0.2) is 4.79 Å². The van der Waals surface area contributed by atoms with Crippen LogP contribution in [0, 0.1) is 0 Å². The number of carbonyl (C=O) groups is 1. The minimum absolute atomic E-state index is 0.113. The minimum Gasteiger partial charge on any atom is -0.320 e. The van der Waals surface area contributed by atoms with E-state index in [1.54, 1.807) is 6.20 Å². The first-order valence-electron chi connectivity index (χ1n) is 8.82. The summed E-state index contributed by atoms with van der Waals surface area (Å²) in [5.74, 6) is 0. The van der Waals surface area contributed by atoms with E-state index in [-0.39, 0.29) is 12.1 Å². The lowest BCUT2D eigenvalue weighted by Crippen LogP contribution is -2.51. The van der Waals surface area contributed by atoms with E-state index < -0.39 is 0 Å². The Kier molecular flexibility index (Phi) is 4.75. The number of aromatic nitrogens is 3. The molecule has 0 aliphatic carbocycles. The molecule has 0 unspecified atom stereocenters. The molecule has 132 valence electrons. The summed E-state index contributed by atoms with van der Waals surface area (Å²) in [7, 11) is 0. The molecule has 2 heterocycles. The molecule has 0 spiro atoms. The highest BCUT2D eigenvalue weighted by molar-refractivity contribution is 5.75. The summed E-state index contributed by atoms with van der Waals surface area (Å²) in [6.07, 6.45) is 3.11. The monoisotopic (exact) mass is 347 g/mol. The van der Waals surface area contributed by atoms with Crippen molar-refractivity contribution in [3.8, 4) is 0 Å². The second kappa shape index (κ2) is 7.49. The highest BCUT2D eigenvalue weighted by atomic mass is 16.2. The van der Waals surface area contributed by atoms with Crippen LogP contribution in [0.5, 0.6) is 0 Å². The van der Waals surface area contributed by atoms with Crippen LogP contribution in [0.4, 0.5) is 4.79 Å². The molecule has 26 heavy (non-hydrogen) atoms. The van der Waals surface area contributed by atoms with Gasteiger partial charge in [-0.05, 0) is 11.1 Å². The molecule has 1 amide bonds. The van der Waals surface area contributed by atoms with Gasteiger partial charge in [-0.2, -0.15) is 4.68 Å². The molecule has 3 aromatic rings. The third-order valence-electron chi connectivity index (χ3n) is 4.80. The highest BCUT2D eigenvalue weighted by Gasteiger charge is 2.28. The maximum Gasteiger partial charge on any atom is 0.346 e. The van der Waals surface area contributed by atoms with Crippen LogP contribution in [0.3, 0.4) is 0 Å². The topological polar surface area (TPSA) is 54.3 Å². The van der Waals surface area contributed by atoms with E-state index in [0.29, 0.717) is 13.1 Å². The smallest absolute Gasteiger partial charge is 0.320 e. The highest BCUT2D eigenvalue weighted by Crippen LogP contribution is 2.29. The molecular formula is C20H21N5O. The van der Waals surface area contributed by atoms with Gasteiger partial charge in [0.1, 0.15) is 0 Å². The average molecular weight is 347 g/mol. The Morgan fingerprint density at radius 2 is 1.42 bits per heavy atom. The number of piperazine rings is 1. The molecular weight excluding hydrogens is 326 g/mol. The molecule has 6 heteroatoms. The number of hydrogen-bond acceptors (Lipinski definition) is 4. The Morgan fingerprint density at radius 1 is 0.846 bits per heavy atom. The van der Waals surface area contributed by atoms with E-state index >= 15 is 0 Å². The lowest BCUT2D eigenvalue weighted by atomic mass is 9.96. The number of carbonyl (C=O) groups excluding carboxylic acids is 1. The van der Waals surface area contributed by atoms with Crippen molar-refractivity contribution >= 4 is 6.03 Å². The van der Waals surface area contributed by atoms with Crippen molar-refractivity contribution in [2.75, 3.05) is 26.2 Å². The Hall–Kier alpha value is -2.99. The molecule has 0 atom stereocenters. The molecule has 0 bridgehead atoms. The van der Waals surface area contributed by atoms with Gasteiger partial charge in [0, 0.05) is 26.2 Å². The van der Waals surface area contributed by atoms with E-state index in [4.69, 9.17) is 0 Å². The molecule has 6 nitrogen and oxygen atoms in total. The third-order valence-corrected chi connectivity index (χ3v) is 4.80. The molecule has 1 aliphatic rings. The summed E-state index contributed by atoms with van der Waals surface area (Å²) in [4.78, 5) is 16.7. The zero-order valence-electron chi connectivity index (χ0n) is 14.5. The summed E-state index contributed by atoms with van der Waals surface area (Å²) in [5, 5.41) is 7.52. The van der Waals surface area contributed by atoms with Crippen molar-refractivity contribution in [1.82, 2.24) is 24.8 Å². The molecule has 0 saturated carbocycles. The molecule has 0 N–H and O–H groups in total. The first-order chi connectivity index (χ1) is 12.8. The molecule has 2 aromatic carbocycles. The fraction of sp³-hybridized carbons (Fsp3) is 0.250. The summed E-state index contributed by atoms with van der Waals surface area (Å²) in [6.45, 7) is 2.98. The van der Waals surface area contributed by atoms with Crippen molar-refractivity contribution in [3.05, 3.63) is 84.2 Å². The molecule has 0 radical (unpaired) electrons. The lowest BCUT2D eigenvalue weighted by Gasteiger charge is -2.39. The minimum atomic E-state index is -0.113. The Labute approximate surface area is 152 Å². The largest absolute Gasteiger partial charge is 0.346 e. The maximum absolute atomic E-state index is 12.4. The van der Waals surface area contributed by atoms with Crippen LogP contribution in [0.15, 0.2) is 73.1 Å². The molecule has 4 rings (SSSR count). The SMILES string of the molecule is O=C(N1CCN(C(c2ccccc2)c2ccccc2)CC1)n1ccnn1. The van der Waals surface area contributed by atoms with E-state index in [0.717, 1.165) is 13.1 Å². The van der Waals surface area contributed by atoms with Crippen molar-refractivity contribution in [3.63, 3.8) is 0 Å². The van der Waals surface area contributed by atoms with Gasteiger partial charge in [0.05, 0.1) is 18.4 Å². The summed E-state index contributed by atoms with van der Waals surface area (Å²) >= 11 is 0. The first-order valence-corrected chi connectivity index (χ1v) is 8.82. The van der Waals surface area contributed by atoms with Crippen LogP contribution in [0.25, 0.3) is 0 Å². The fourth-order valence-electron chi connectivity index (χ4n) is 3.51. The van der Waals surface area contributed by atoms with Crippen LogP contribution in [-0.4, -0.2) is 57.0 Å². The lowest BCUT2D eigenvalue weighted by molar-refractivity contribution is 0.119. The molecule has 1 aromatic heterocycles. The fourth-order valence-corrected chi connectivity index (χ4v) is 3.51. The normalized spacial score (nSPS) is 15.3. The van der Waals surface area contributed by atoms with Crippen molar-refractivity contribution in [1.29, 1.82) is 0 Å². The number of benzene rings is 2. The third kappa shape index (κ3) is 3.36. The second-order valence-corrected chi connectivity index (χ2v) is 6.38. The zero-order chi connectivity index (χ0) is 17.8. The number of nitrogens with zero attached hydrogens (tertiary/aromatic N) is 5. The van der Waals surface area contributed by atoms with Crippen LogP contribution < -0.4 is 0 Å². The van der Waals surface area contributed by atoms with Crippen molar-refractivity contribution in [2.45, 2.75) is 6.04 Å². The van der Waals surface area contributed by atoms with E-state index in [2.05, 4.69) is 63.7 Å². The standard InChI is InChI=1S/C20H21N5O/c26-20(25-12-11-21-22-25)24-15-13-23(14-16-24)19(17-7-3-1-4-8-17)18-9-5-2-6-10-18/h1-12,19H,13-16H2. The summed E-state index contributed by atoms with van der Waals surface area (Å²) in [6, 6.07) is 21.2. The Morgan fingerprint density at radius 3 is 1.92 bits per heavy atom. The van der Waals surface area contributed by atoms with E-state index in [1.807, 2.05) is 17.0 Å². The molecule has 1 saturated heterocycles. The van der Waals surface area contributed by atoms with Crippen LogP contribution in [0.1, 0.15) is 17.2 Å². The van der Waals surface area contributed by atoms with Crippen molar-refractivity contribution in [2.24, 2.45) is 0 Å². The van der Waals surface area contributed by atoms with Gasteiger partial charge < -0.3 is 4.90 Å². The number of amides is 1. The number of rotatable bonds is 3. The van der Waals surface area contributed by atoms with Gasteiger partial charge in [0.2, 0.25) is 0 Å². The zero-order valence-corrected chi connectivity index (χ0v) is 14.5. The van der Waals surface area contributed by atoms with Crippen LogP contribution in [-0.2, 0) is 0 Å². The van der Waals surface area contributed by atoms with Gasteiger partial charge in [0.25, 0.3) is 0 Å². The maximum atomic E-state index is 12.4. The molecule has 1 aliphatic heterocycles.